The molecule has 4 heteroatoms. The van der Waals surface area contributed by atoms with Crippen LogP contribution in [-0.4, -0.2) is 23.1 Å². The fourth-order valence-corrected chi connectivity index (χ4v) is 1.21. The molecule has 0 aliphatic heterocycles. The van der Waals surface area contributed by atoms with Crippen LogP contribution < -0.4 is 0 Å². The van der Waals surface area contributed by atoms with Gasteiger partial charge in [-0.05, 0) is 27.2 Å². The second-order valence-electron chi connectivity index (χ2n) is 3.46. The first-order valence-corrected chi connectivity index (χ1v) is 4.68. The standard InChI is InChI=1S/C11H16O4/c1-6-11(8(4)12,9(5)13)15-10(14)7(2)3/h2,6H2,1,3-5H3. The van der Waals surface area contributed by atoms with Gasteiger partial charge in [0.25, 0.3) is 0 Å². The second-order valence-corrected chi connectivity index (χ2v) is 3.46. The third-order valence-corrected chi connectivity index (χ3v) is 2.25. The van der Waals surface area contributed by atoms with E-state index in [0.717, 1.165) is 0 Å². The van der Waals surface area contributed by atoms with Gasteiger partial charge in [-0.25, -0.2) is 4.79 Å². The molecule has 0 radical (unpaired) electrons. The van der Waals surface area contributed by atoms with Crippen LogP contribution in [0.4, 0.5) is 0 Å². The van der Waals surface area contributed by atoms with Gasteiger partial charge in [0, 0.05) is 5.57 Å². The molecule has 0 aromatic rings. The van der Waals surface area contributed by atoms with Crippen molar-refractivity contribution >= 4 is 17.5 Å². The van der Waals surface area contributed by atoms with E-state index < -0.39 is 23.1 Å². The number of ether oxygens (including phenoxy) is 1. The number of hydrogen-bond donors (Lipinski definition) is 0. The predicted molar refractivity (Wildman–Crippen MR) is 55.3 cm³/mol. The van der Waals surface area contributed by atoms with Crippen molar-refractivity contribution in [1.29, 1.82) is 0 Å². The summed E-state index contributed by atoms with van der Waals surface area (Å²) in [4.78, 5) is 34.0. The van der Waals surface area contributed by atoms with Crippen LogP contribution in [0.1, 0.15) is 34.1 Å². The Labute approximate surface area is 89.3 Å². The highest BCUT2D eigenvalue weighted by molar-refractivity contribution is 6.10. The zero-order valence-corrected chi connectivity index (χ0v) is 9.55. The zero-order chi connectivity index (χ0) is 12.2. The van der Waals surface area contributed by atoms with Crippen LogP contribution in [0.2, 0.25) is 0 Å². The molecule has 0 aliphatic rings. The lowest BCUT2D eigenvalue weighted by molar-refractivity contribution is -0.169. The van der Waals surface area contributed by atoms with E-state index in [1.165, 1.54) is 20.8 Å². The van der Waals surface area contributed by atoms with Gasteiger partial charge in [-0.15, -0.1) is 0 Å². The maximum Gasteiger partial charge on any atom is 0.334 e. The Bertz CT molecular complexity index is 301. The first-order valence-electron chi connectivity index (χ1n) is 4.68. The summed E-state index contributed by atoms with van der Waals surface area (Å²) in [5.74, 6) is -1.65. The Morgan fingerprint density at radius 2 is 1.53 bits per heavy atom. The minimum atomic E-state index is -1.64. The number of Topliss-reactive ketones (excluding diaryl/α,β-unsaturated/α-hetero) is 2. The van der Waals surface area contributed by atoms with Crippen molar-refractivity contribution < 1.29 is 19.1 Å². The Morgan fingerprint density at radius 3 is 1.73 bits per heavy atom. The summed E-state index contributed by atoms with van der Waals surface area (Å²) in [5.41, 5.74) is -1.48. The lowest BCUT2D eigenvalue weighted by Crippen LogP contribution is -2.47. The first-order chi connectivity index (χ1) is 6.77. The maximum absolute atomic E-state index is 11.4. The number of rotatable bonds is 5. The SMILES string of the molecule is C=C(C)C(=O)OC(CC)(C(C)=O)C(C)=O. The number of esters is 1. The molecule has 0 bridgehead atoms. The Morgan fingerprint density at radius 1 is 1.13 bits per heavy atom. The number of hydrogen-bond acceptors (Lipinski definition) is 4. The molecule has 0 saturated carbocycles. The van der Waals surface area contributed by atoms with Crippen LogP contribution in [0.3, 0.4) is 0 Å². The lowest BCUT2D eigenvalue weighted by atomic mass is 9.91. The largest absolute Gasteiger partial charge is 0.440 e. The Kier molecular flexibility index (Phi) is 4.40. The molecule has 0 spiro atoms. The van der Waals surface area contributed by atoms with Crippen LogP contribution in [0.25, 0.3) is 0 Å². The Balaban J connectivity index is 5.12. The molecule has 0 aromatic heterocycles. The van der Waals surface area contributed by atoms with Crippen molar-refractivity contribution in [2.45, 2.75) is 39.7 Å². The van der Waals surface area contributed by atoms with Crippen molar-refractivity contribution in [2.75, 3.05) is 0 Å². The van der Waals surface area contributed by atoms with Crippen molar-refractivity contribution in [1.82, 2.24) is 0 Å². The molecule has 0 heterocycles. The van der Waals surface area contributed by atoms with E-state index >= 15 is 0 Å². The summed E-state index contributed by atoms with van der Waals surface area (Å²) in [6, 6.07) is 0. The monoisotopic (exact) mass is 212 g/mol. The molecule has 0 saturated heterocycles. The molecule has 0 N–H and O–H groups in total. The summed E-state index contributed by atoms with van der Waals surface area (Å²) in [7, 11) is 0. The molecule has 0 aliphatic carbocycles. The molecule has 84 valence electrons. The summed E-state index contributed by atoms with van der Waals surface area (Å²) < 4.78 is 4.93. The van der Waals surface area contributed by atoms with Crippen molar-refractivity contribution in [3.05, 3.63) is 12.2 Å². The van der Waals surface area contributed by atoms with Crippen molar-refractivity contribution in [2.24, 2.45) is 0 Å². The van der Waals surface area contributed by atoms with Gasteiger partial charge >= 0.3 is 5.97 Å². The third-order valence-electron chi connectivity index (χ3n) is 2.25. The fraction of sp³-hybridized carbons (Fsp3) is 0.545. The zero-order valence-electron chi connectivity index (χ0n) is 9.55. The quantitative estimate of drug-likeness (QED) is 0.393. The molecule has 0 fully saturated rings. The lowest BCUT2D eigenvalue weighted by Gasteiger charge is -2.27. The van der Waals surface area contributed by atoms with Gasteiger partial charge in [-0.3, -0.25) is 9.59 Å². The highest BCUT2D eigenvalue weighted by Crippen LogP contribution is 2.20. The third kappa shape index (κ3) is 2.75. The molecule has 4 nitrogen and oxygen atoms in total. The van der Waals surface area contributed by atoms with E-state index in [9.17, 15) is 14.4 Å². The average molecular weight is 212 g/mol. The maximum atomic E-state index is 11.4. The van der Waals surface area contributed by atoms with E-state index in [-0.39, 0.29) is 12.0 Å². The minimum Gasteiger partial charge on any atom is -0.440 e. The van der Waals surface area contributed by atoms with E-state index in [4.69, 9.17) is 4.74 Å². The second kappa shape index (κ2) is 4.87. The molecular weight excluding hydrogens is 196 g/mol. The fourth-order valence-electron chi connectivity index (χ4n) is 1.21. The molecule has 0 amide bonds. The molecule has 0 atom stereocenters. The molecule has 0 rings (SSSR count). The highest BCUT2D eigenvalue weighted by Gasteiger charge is 2.42. The van der Waals surface area contributed by atoms with Gasteiger partial charge < -0.3 is 4.74 Å². The van der Waals surface area contributed by atoms with E-state index in [2.05, 4.69) is 6.58 Å². The van der Waals surface area contributed by atoms with Gasteiger partial charge in [-0.1, -0.05) is 13.5 Å². The van der Waals surface area contributed by atoms with Crippen molar-refractivity contribution in [3.63, 3.8) is 0 Å². The Hall–Kier alpha value is -1.45. The van der Waals surface area contributed by atoms with Gasteiger partial charge in [0.05, 0.1) is 0 Å². The normalized spacial score (nSPS) is 10.7. The van der Waals surface area contributed by atoms with E-state index in [1.54, 1.807) is 6.92 Å². The van der Waals surface area contributed by atoms with Crippen LogP contribution in [-0.2, 0) is 19.1 Å². The van der Waals surface area contributed by atoms with Gasteiger partial charge in [0.2, 0.25) is 5.60 Å². The number of carbonyl (C=O) groups excluding carboxylic acids is 3. The molecule has 0 aromatic carbocycles. The van der Waals surface area contributed by atoms with E-state index in [1.807, 2.05) is 0 Å². The van der Waals surface area contributed by atoms with Crippen LogP contribution >= 0.6 is 0 Å². The van der Waals surface area contributed by atoms with Crippen LogP contribution in [0.15, 0.2) is 12.2 Å². The van der Waals surface area contributed by atoms with E-state index in [0.29, 0.717) is 0 Å². The molecule has 15 heavy (non-hydrogen) atoms. The van der Waals surface area contributed by atoms with Gasteiger partial charge in [0.15, 0.2) is 11.6 Å². The van der Waals surface area contributed by atoms with Crippen LogP contribution in [0, 0.1) is 0 Å². The summed E-state index contributed by atoms with van der Waals surface area (Å²) >= 11 is 0. The highest BCUT2D eigenvalue weighted by atomic mass is 16.6. The minimum absolute atomic E-state index is 0.136. The first kappa shape index (κ1) is 13.5. The number of carbonyl (C=O) groups is 3. The predicted octanol–water partition coefficient (Wildman–Crippen LogP) is 1.43. The smallest absolute Gasteiger partial charge is 0.334 e. The van der Waals surface area contributed by atoms with Crippen molar-refractivity contribution in [3.8, 4) is 0 Å². The average Bonchev–Trinajstić information content (AvgIpc) is 2.12. The summed E-state index contributed by atoms with van der Waals surface area (Å²) in [6.45, 7) is 8.94. The van der Waals surface area contributed by atoms with Gasteiger partial charge in [-0.2, -0.15) is 0 Å². The summed E-state index contributed by atoms with van der Waals surface area (Å²) in [6.07, 6.45) is 0.136. The summed E-state index contributed by atoms with van der Waals surface area (Å²) in [5, 5.41) is 0. The molecular formula is C11H16O4. The van der Waals surface area contributed by atoms with Crippen LogP contribution in [0.5, 0.6) is 0 Å². The topological polar surface area (TPSA) is 60.4 Å². The number of ketones is 2. The van der Waals surface area contributed by atoms with Gasteiger partial charge in [0.1, 0.15) is 0 Å². The molecule has 0 unspecified atom stereocenters.